The SMILES string of the molecule is CCCCCCCCCCCCCCCCCN(C[C@H]1O[C@@H](n2ccc(=O)[nH]c2=O)[C@H](OC)[C@@H]1OP(=O)(O)OC(C)C)C(=O)NC[C@H]1[C@@H](OC)[C@H](n2ccc(=O)[nH]c2=O)O[C@@H]1COC(C)C. The van der Waals surface area contributed by atoms with Crippen molar-refractivity contribution >= 4 is 13.9 Å². The number of hydrogen-bond acceptors (Lipinski definition) is 13. The summed E-state index contributed by atoms with van der Waals surface area (Å²) in [5.41, 5.74) is -2.70. The van der Waals surface area contributed by atoms with Gasteiger partial charge >= 0.3 is 25.2 Å². The number of phosphoric acid groups is 1. The van der Waals surface area contributed by atoms with Crippen LogP contribution in [0.2, 0.25) is 0 Å². The number of aromatic nitrogens is 4. The topological polar surface area (TPSA) is 244 Å². The van der Waals surface area contributed by atoms with Crippen molar-refractivity contribution in [3.8, 4) is 0 Å². The van der Waals surface area contributed by atoms with E-state index in [2.05, 4.69) is 22.2 Å². The largest absolute Gasteiger partial charge is 0.472 e. The molecule has 4 N–H and O–H groups in total. The van der Waals surface area contributed by atoms with Crippen molar-refractivity contribution in [2.75, 3.05) is 40.5 Å². The number of amides is 2. The molecule has 376 valence electrons. The van der Waals surface area contributed by atoms with E-state index in [0.29, 0.717) is 6.42 Å². The van der Waals surface area contributed by atoms with Gasteiger partial charge in [0, 0.05) is 57.8 Å². The lowest BCUT2D eigenvalue weighted by Crippen LogP contribution is -2.50. The molecule has 66 heavy (non-hydrogen) atoms. The molecule has 4 rings (SSSR count). The van der Waals surface area contributed by atoms with Crippen LogP contribution >= 0.6 is 7.82 Å². The lowest BCUT2D eigenvalue weighted by molar-refractivity contribution is -0.0782. The maximum Gasteiger partial charge on any atom is 0.472 e. The zero-order valence-corrected chi connectivity index (χ0v) is 41.0. The molecular formula is C45H77N6O14P. The molecule has 4 heterocycles. The molecule has 0 bridgehead atoms. The van der Waals surface area contributed by atoms with E-state index < -0.39 is 91.3 Å². The minimum Gasteiger partial charge on any atom is -0.376 e. The summed E-state index contributed by atoms with van der Waals surface area (Å²) < 4.78 is 56.9. The molecule has 2 aromatic heterocycles. The third-order valence-electron chi connectivity index (χ3n) is 12.0. The molecule has 2 amide bonds. The summed E-state index contributed by atoms with van der Waals surface area (Å²) in [7, 11) is -1.95. The average molecular weight is 957 g/mol. The first-order valence-electron chi connectivity index (χ1n) is 23.9. The van der Waals surface area contributed by atoms with Crippen molar-refractivity contribution in [3.63, 3.8) is 0 Å². The van der Waals surface area contributed by atoms with Gasteiger partial charge in [0.2, 0.25) is 0 Å². The van der Waals surface area contributed by atoms with Gasteiger partial charge < -0.3 is 38.8 Å². The minimum absolute atomic E-state index is 0.0169. The van der Waals surface area contributed by atoms with E-state index in [9.17, 15) is 33.4 Å². The highest BCUT2D eigenvalue weighted by molar-refractivity contribution is 7.47. The lowest BCUT2D eigenvalue weighted by atomic mass is 9.98. The highest BCUT2D eigenvalue weighted by atomic mass is 31.2. The Hall–Kier alpha value is -3.46. The Morgan fingerprint density at radius 2 is 1.23 bits per heavy atom. The number of urea groups is 1. The van der Waals surface area contributed by atoms with Crippen LogP contribution in [-0.2, 0) is 37.3 Å². The van der Waals surface area contributed by atoms with E-state index in [1.54, 1.807) is 13.8 Å². The monoisotopic (exact) mass is 957 g/mol. The van der Waals surface area contributed by atoms with Gasteiger partial charge in [-0.05, 0) is 34.1 Å². The van der Waals surface area contributed by atoms with Crippen LogP contribution in [0.4, 0.5) is 4.79 Å². The van der Waals surface area contributed by atoms with E-state index >= 15 is 0 Å². The Balaban J connectivity index is 1.52. The number of nitrogens with zero attached hydrogens (tertiary/aromatic N) is 3. The number of unbranched alkanes of at least 4 members (excludes halogenated alkanes) is 14. The first-order chi connectivity index (χ1) is 31.6. The summed E-state index contributed by atoms with van der Waals surface area (Å²) >= 11 is 0. The van der Waals surface area contributed by atoms with E-state index in [1.165, 1.54) is 106 Å². The number of phosphoric ester groups is 1. The summed E-state index contributed by atoms with van der Waals surface area (Å²) in [6.45, 7) is 9.35. The number of aromatic amines is 2. The third kappa shape index (κ3) is 17.3. The highest BCUT2D eigenvalue weighted by Crippen LogP contribution is 2.50. The van der Waals surface area contributed by atoms with Gasteiger partial charge in [-0.3, -0.25) is 37.7 Å². The second-order valence-corrected chi connectivity index (χ2v) is 19.2. The molecular weight excluding hydrogens is 879 g/mol. The molecule has 0 saturated carbocycles. The first kappa shape index (κ1) is 55.1. The molecule has 2 aliphatic heterocycles. The molecule has 9 atom stereocenters. The summed E-state index contributed by atoms with van der Waals surface area (Å²) in [5.74, 6) is -0.532. The van der Waals surface area contributed by atoms with Crippen molar-refractivity contribution in [1.82, 2.24) is 29.3 Å². The quantitative estimate of drug-likeness (QED) is 0.0520. The first-order valence-corrected chi connectivity index (χ1v) is 25.4. The molecule has 0 radical (unpaired) electrons. The Bertz CT molecular complexity index is 2020. The van der Waals surface area contributed by atoms with Gasteiger partial charge in [0.25, 0.3) is 11.1 Å². The van der Waals surface area contributed by atoms with Crippen LogP contribution in [0.3, 0.4) is 0 Å². The third-order valence-corrected chi connectivity index (χ3v) is 13.2. The molecule has 20 nitrogen and oxygen atoms in total. The fourth-order valence-electron chi connectivity index (χ4n) is 8.63. The van der Waals surface area contributed by atoms with Crippen LogP contribution in [0.1, 0.15) is 143 Å². The molecule has 21 heteroatoms. The smallest absolute Gasteiger partial charge is 0.376 e. The standard InChI is InChI=1S/C45H77N6O14P/c1-8-9-10-11-12-13-14-15-16-17-18-19-20-21-22-25-49(29-34-39(65-66(57,58)64-32(4)5)40(60-7)42(62-34)51-27-24-37(53)48-45(51)56)43(54)46-28-33-35(30-61-31(2)3)63-41(38(33)59-6)50-26-23-36(52)47-44(50)55/h23-24,26-27,31-35,38-42H,8-22,25,28-30H2,1-7H3,(H,46,54)(H,57,58)(H,47,52,55)(H,48,53,56)/t33-,34-,35-,38-,39-,40-,41-,42-/m1/s1. The Morgan fingerprint density at radius 3 is 1.70 bits per heavy atom. The van der Waals surface area contributed by atoms with Crippen molar-refractivity contribution in [1.29, 1.82) is 0 Å². The summed E-state index contributed by atoms with van der Waals surface area (Å²) in [6.07, 6.45) is 12.0. The van der Waals surface area contributed by atoms with Crippen LogP contribution in [0.5, 0.6) is 0 Å². The maximum absolute atomic E-state index is 14.5. The maximum atomic E-state index is 14.5. The normalized spacial score (nSPS) is 24.0. The van der Waals surface area contributed by atoms with E-state index in [1.807, 2.05) is 13.8 Å². The summed E-state index contributed by atoms with van der Waals surface area (Å²) in [6, 6.07) is 1.84. The highest BCUT2D eigenvalue weighted by Gasteiger charge is 2.51. The van der Waals surface area contributed by atoms with Gasteiger partial charge in [-0.1, -0.05) is 96.8 Å². The fraction of sp³-hybridized carbons (Fsp3) is 0.800. The molecule has 0 aromatic carbocycles. The molecule has 1 unspecified atom stereocenters. The number of hydrogen-bond donors (Lipinski definition) is 4. The molecule has 0 spiro atoms. The van der Waals surface area contributed by atoms with E-state index in [4.69, 9.17) is 32.7 Å². The van der Waals surface area contributed by atoms with Gasteiger partial charge in [0.05, 0.1) is 31.5 Å². The van der Waals surface area contributed by atoms with Crippen LogP contribution in [-0.4, -0.2) is 118 Å². The molecule has 0 aliphatic carbocycles. The number of methoxy groups -OCH3 is 2. The lowest BCUT2D eigenvalue weighted by Gasteiger charge is -2.31. The minimum atomic E-state index is -4.75. The van der Waals surface area contributed by atoms with Gasteiger partial charge in [-0.2, -0.15) is 0 Å². The Kier molecular flexibility index (Phi) is 23.5. The van der Waals surface area contributed by atoms with Crippen LogP contribution in [0.15, 0.2) is 43.7 Å². The van der Waals surface area contributed by atoms with Gasteiger partial charge in [-0.15, -0.1) is 0 Å². The number of carbonyl (C=O) groups excluding carboxylic acids is 1. The van der Waals surface area contributed by atoms with Crippen molar-refractivity contribution < 1.29 is 47.0 Å². The number of carbonyl (C=O) groups is 1. The predicted octanol–water partition coefficient (Wildman–Crippen LogP) is 5.75. The number of ether oxygens (including phenoxy) is 5. The second-order valence-electron chi connectivity index (χ2n) is 17.9. The molecule has 2 aromatic rings. The van der Waals surface area contributed by atoms with Crippen LogP contribution in [0, 0.1) is 5.92 Å². The summed E-state index contributed by atoms with van der Waals surface area (Å²) in [5, 5.41) is 3.03. The Morgan fingerprint density at radius 1 is 0.742 bits per heavy atom. The van der Waals surface area contributed by atoms with E-state index in [-0.39, 0.29) is 32.3 Å². The van der Waals surface area contributed by atoms with Gasteiger partial charge in [0.1, 0.15) is 24.4 Å². The molecule has 2 saturated heterocycles. The van der Waals surface area contributed by atoms with Crippen LogP contribution < -0.4 is 27.8 Å². The number of H-pyrrole nitrogens is 2. The van der Waals surface area contributed by atoms with Crippen LogP contribution in [0.25, 0.3) is 0 Å². The second kappa shape index (κ2) is 28.1. The van der Waals surface area contributed by atoms with E-state index in [0.717, 1.165) is 36.3 Å². The van der Waals surface area contributed by atoms with Crippen molar-refractivity contribution in [2.45, 2.75) is 186 Å². The predicted molar refractivity (Wildman–Crippen MR) is 247 cm³/mol. The molecule has 2 aliphatic rings. The molecule has 2 fully saturated rings. The Labute approximate surface area is 388 Å². The van der Waals surface area contributed by atoms with Crippen molar-refractivity contribution in [3.05, 3.63) is 66.2 Å². The number of nitrogens with one attached hydrogen (secondary N) is 3. The van der Waals surface area contributed by atoms with Gasteiger partial charge in [0.15, 0.2) is 12.5 Å². The zero-order chi connectivity index (χ0) is 48.2. The fourth-order valence-corrected chi connectivity index (χ4v) is 9.78. The van der Waals surface area contributed by atoms with Crippen molar-refractivity contribution in [2.24, 2.45) is 5.92 Å². The average Bonchev–Trinajstić information content (AvgIpc) is 3.77. The summed E-state index contributed by atoms with van der Waals surface area (Å²) in [4.78, 5) is 81.0. The van der Waals surface area contributed by atoms with Gasteiger partial charge in [-0.25, -0.2) is 18.9 Å². The zero-order valence-electron chi connectivity index (χ0n) is 40.1. The number of rotatable bonds is 31.